The first-order valence-corrected chi connectivity index (χ1v) is 3.35. The molecule has 0 spiro atoms. The summed E-state index contributed by atoms with van der Waals surface area (Å²) >= 11 is 7.97. The molecular formula is C4H11N2Na3O4S2. The van der Waals surface area contributed by atoms with Crippen LogP contribution in [-0.4, -0.2) is 127 Å². The normalized spacial score (nSPS) is 5.87. The van der Waals surface area contributed by atoms with Crippen molar-refractivity contribution in [1.29, 1.82) is 0 Å². The molecule has 0 amide bonds. The van der Waals surface area contributed by atoms with E-state index in [4.69, 9.17) is 15.3 Å². The van der Waals surface area contributed by atoms with Crippen molar-refractivity contribution >= 4 is 129 Å². The number of hydrogen-bond donors (Lipinski definition) is 5. The summed E-state index contributed by atoms with van der Waals surface area (Å²) in [5.41, 5.74) is 4.40. The number of nitrogens with one attached hydrogen (secondary N) is 1. The van der Waals surface area contributed by atoms with Gasteiger partial charge < -0.3 is 26.4 Å². The van der Waals surface area contributed by atoms with Crippen LogP contribution in [0.3, 0.4) is 0 Å². The van der Waals surface area contributed by atoms with E-state index in [-0.39, 0.29) is 95.2 Å². The number of carboxylic acids is 1. The van der Waals surface area contributed by atoms with Crippen LogP contribution in [0.1, 0.15) is 0 Å². The van der Waals surface area contributed by atoms with Gasteiger partial charge in [-0.25, -0.2) is 0 Å². The molecule has 6 nitrogen and oxygen atoms in total. The first-order chi connectivity index (χ1) is 5.36. The zero-order valence-electron chi connectivity index (χ0n) is 5.85. The van der Waals surface area contributed by atoms with Crippen molar-refractivity contribution in [3.63, 3.8) is 0 Å². The molecule has 0 aliphatic heterocycles. The topological polar surface area (TPSA) is 116 Å². The Balaban J connectivity index is -0.0000000424. The summed E-state index contributed by atoms with van der Waals surface area (Å²) in [4.78, 5) is 9.67. The number of hydrogen-bond acceptors (Lipinski definition) is 3. The predicted molar refractivity (Wildman–Crippen MR) is 71.7 cm³/mol. The Morgan fingerprint density at radius 2 is 1.40 bits per heavy atom. The summed E-state index contributed by atoms with van der Waals surface area (Å²) in [5.74, 6) is -1.05. The molecule has 6 N–H and O–H groups in total. The molecule has 0 aromatic carbocycles. The second-order valence-corrected chi connectivity index (χ2v) is 2.20. The van der Waals surface area contributed by atoms with E-state index in [2.05, 4.69) is 30.2 Å². The van der Waals surface area contributed by atoms with Crippen LogP contribution in [0.4, 0.5) is 0 Å². The molecule has 15 heavy (non-hydrogen) atoms. The number of aliphatic carboxylic acids is 1. The van der Waals surface area contributed by atoms with E-state index >= 15 is 0 Å². The maximum atomic E-state index is 9.67. The Morgan fingerprint density at radius 1 is 1.13 bits per heavy atom. The van der Waals surface area contributed by atoms with E-state index in [0.717, 1.165) is 0 Å². The van der Waals surface area contributed by atoms with Crippen molar-refractivity contribution < 1.29 is 20.1 Å². The van der Waals surface area contributed by atoms with Crippen molar-refractivity contribution in [3.8, 4) is 0 Å². The van der Waals surface area contributed by atoms with Crippen LogP contribution in [0.2, 0.25) is 0 Å². The number of carbonyl (C=O) groups is 1. The average molecular weight is 284 g/mol. The zero-order valence-corrected chi connectivity index (χ0v) is 7.48. The predicted octanol–water partition coefficient (Wildman–Crippen LogP) is -2.65. The Kier molecular flexibility index (Phi) is 42.5. The summed E-state index contributed by atoms with van der Waals surface area (Å²) < 4.78 is 0. The van der Waals surface area contributed by atoms with E-state index in [1.165, 1.54) is 0 Å². The molecule has 0 bridgehead atoms. The van der Waals surface area contributed by atoms with Gasteiger partial charge >= 0.3 is 94.6 Å². The van der Waals surface area contributed by atoms with Crippen LogP contribution in [0.25, 0.3) is 0 Å². The fraction of sp³-hybridized carbons (Fsp3) is 0.250. The Hall–Kier alpha value is 1.85. The summed E-state index contributed by atoms with van der Waals surface area (Å²) in [6.07, 6.45) is 0. The van der Waals surface area contributed by atoms with Gasteiger partial charge in [-0.15, -0.1) is 0 Å². The minimum atomic E-state index is -1.05. The number of nitrogens with two attached hydrogens (primary N) is 1. The molecule has 0 fully saturated rings. The second-order valence-electron chi connectivity index (χ2n) is 1.39. The molecule has 0 heterocycles. The fourth-order valence-corrected chi connectivity index (χ4v) is 0.223. The average Bonchev–Trinajstić information content (AvgIpc) is 1.82. The van der Waals surface area contributed by atoms with E-state index in [1.54, 1.807) is 0 Å². The van der Waals surface area contributed by atoms with Crippen molar-refractivity contribution in [2.45, 2.75) is 0 Å². The number of thiocarbonyl (C=S) groups is 2. The summed E-state index contributed by atoms with van der Waals surface area (Å²) in [6, 6.07) is 0. The van der Waals surface area contributed by atoms with Gasteiger partial charge in [-0.1, -0.05) is 0 Å². The van der Waals surface area contributed by atoms with Gasteiger partial charge in [-0.2, -0.15) is 0 Å². The summed E-state index contributed by atoms with van der Waals surface area (Å²) in [5, 5.41) is 24.7. The van der Waals surface area contributed by atoms with E-state index in [0.29, 0.717) is 0 Å². The van der Waals surface area contributed by atoms with Gasteiger partial charge in [0.2, 0.25) is 0 Å². The number of aliphatic hydroxyl groups is 2. The van der Waals surface area contributed by atoms with Crippen molar-refractivity contribution in [2.75, 3.05) is 6.54 Å². The van der Waals surface area contributed by atoms with Crippen LogP contribution in [0.15, 0.2) is 0 Å². The molecule has 0 aliphatic rings. The third-order valence-corrected chi connectivity index (χ3v) is 0.535. The molecule has 0 unspecified atom stereocenters. The molecule has 0 aliphatic carbocycles. The van der Waals surface area contributed by atoms with E-state index in [9.17, 15) is 4.79 Å². The zero-order chi connectivity index (χ0) is 10.1. The Bertz CT molecular complexity index is 177. The molecule has 0 radical (unpaired) electrons. The second kappa shape index (κ2) is 21.2. The number of aliphatic hydroxyl groups excluding tert-OH is 2. The van der Waals surface area contributed by atoms with Gasteiger partial charge in [0.1, 0.15) is 6.54 Å². The van der Waals surface area contributed by atoms with Crippen molar-refractivity contribution in [2.24, 2.45) is 5.73 Å². The Morgan fingerprint density at radius 3 is 1.47 bits per heavy atom. The molecule has 0 aromatic rings. The molecule has 0 saturated heterocycles. The van der Waals surface area contributed by atoms with Gasteiger partial charge in [-0.05, 0) is 24.4 Å². The molecule has 0 atom stereocenters. The van der Waals surface area contributed by atoms with Gasteiger partial charge in [0, 0.05) is 0 Å². The quantitative estimate of drug-likeness (QED) is 0.276. The molecule has 0 aromatic heterocycles. The van der Waals surface area contributed by atoms with Crippen LogP contribution < -0.4 is 11.1 Å². The van der Waals surface area contributed by atoms with Gasteiger partial charge in [0.15, 0.2) is 0 Å². The number of carboxylic acid groups (broad SMARTS) is 1. The minimum absolute atomic E-state index is 0. The molecule has 0 rings (SSSR count). The monoisotopic (exact) mass is 284 g/mol. The van der Waals surface area contributed by atoms with Crippen LogP contribution in [0, 0.1) is 0 Å². The number of rotatable bonds is 2. The van der Waals surface area contributed by atoms with Crippen molar-refractivity contribution in [3.05, 3.63) is 0 Å². The summed E-state index contributed by atoms with van der Waals surface area (Å²) in [6.45, 7) is -0.338. The summed E-state index contributed by atoms with van der Waals surface area (Å²) in [7, 11) is 0. The van der Waals surface area contributed by atoms with Crippen molar-refractivity contribution in [1.82, 2.24) is 5.32 Å². The molecular weight excluding hydrogens is 273 g/mol. The van der Waals surface area contributed by atoms with E-state index < -0.39 is 16.3 Å². The Labute approximate surface area is 164 Å². The van der Waals surface area contributed by atoms with Crippen LogP contribution >= 0.6 is 24.4 Å². The van der Waals surface area contributed by atoms with Gasteiger partial charge in [-0.3, -0.25) is 4.79 Å². The maximum absolute atomic E-state index is 9.67. The molecule has 11 heteroatoms. The van der Waals surface area contributed by atoms with E-state index in [1.807, 2.05) is 5.32 Å². The molecule has 76 valence electrons. The third-order valence-electron chi connectivity index (χ3n) is 0.391. The molecule has 0 saturated carbocycles. The first-order valence-electron chi connectivity index (χ1n) is 2.53. The third kappa shape index (κ3) is 64.8. The SMILES string of the molecule is NC(O)=S.O=C(O)CNC(O)=S.[NaH].[NaH].[NaH]. The first kappa shape index (κ1) is 30.1. The van der Waals surface area contributed by atoms with Gasteiger partial charge in [0.05, 0.1) is 0 Å². The fourth-order valence-electron chi connectivity index (χ4n) is 0.151. The van der Waals surface area contributed by atoms with Gasteiger partial charge in [0.25, 0.3) is 10.3 Å². The van der Waals surface area contributed by atoms with Crippen LogP contribution in [-0.2, 0) is 4.79 Å². The standard InChI is InChI=1S/C3H5NO3S.CH3NOS.3Na.3H/c5-2(6)1-4-3(7)8;2-1(3)4;;;;;;/h1H2,(H,5,6)(H2,4,7,8);(H3,2,3,4);;;;;;. The van der Waals surface area contributed by atoms with Crippen LogP contribution in [0.5, 0.6) is 0 Å².